The van der Waals surface area contributed by atoms with Crippen LogP contribution in [-0.4, -0.2) is 39.8 Å². The van der Waals surface area contributed by atoms with Crippen molar-refractivity contribution in [2.75, 3.05) is 32.8 Å². The van der Waals surface area contributed by atoms with Crippen LogP contribution in [0.3, 0.4) is 0 Å². The summed E-state index contributed by atoms with van der Waals surface area (Å²) in [4.78, 5) is 25.4. The second-order valence-corrected chi connectivity index (χ2v) is 5.34. The van der Waals surface area contributed by atoms with Crippen molar-refractivity contribution in [3.05, 3.63) is 60.2 Å². The molecule has 0 unspecified atom stereocenters. The Hall–Kier alpha value is -3.28. The molecule has 0 aliphatic heterocycles. The number of likely N-dealkylation sites (N-methyl/N-ethyl adjacent to an activating group) is 1. The first-order chi connectivity index (χ1) is 12.5. The van der Waals surface area contributed by atoms with E-state index in [2.05, 4.69) is 0 Å². The van der Waals surface area contributed by atoms with E-state index < -0.39 is 5.97 Å². The summed E-state index contributed by atoms with van der Waals surface area (Å²) in [6.45, 7) is -0.343. The van der Waals surface area contributed by atoms with E-state index in [9.17, 15) is 9.59 Å². The number of benzene rings is 2. The molecule has 0 saturated carbocycles. The average molecular weight is 355 g/mol. The van der Waals surface area contributed by atoms with Gasteiger partial charge in [0.05, 0.1) is 14.2 Å². The summed E-state index contributed by atoms with van der Waals surface area (Å²) in [7, 11) is 4.72. The summed E-state index contributed by atoms with van der Waals surface area (Å²) in [5.74, 6) is 0.287. The predicted molar refractivity (Wildman–Crippen MR) is 99.4 cm³/mol. The second-order valence-electron chi connectivity index (χ2n) is 5.34. The molecule has 0 fully saturated rings. The maximum Gasteiger partial charge on any atom is 0.331 e. The van der Waals surface area contributed by atoms with E-state index in [1.54, 1.807) is 50.6 Å². The number of amides is 1. The molecule has 0 aliphatic rings. The first-order valence-corrected chi connectivity index (χ1v) is 7.93. The molecule has 2 aromatic carbocycles. The molecule has 2 rings (SSSR count). The fourth-order valence-electron chi connectivity index (χ4n) is 2.20. The highest BCUT2D eigenvalue weighted by Gasteiger charge is 2.12. The minimum absolute atomic E-state index is 0.322. The van der Waals surface area contributed by atoms with Crippen molar-refractivity contribution in [1.82, 2.24) is 0 Å². The Morgan fingerprint density at radius 2 is 1.77 bits per heavy atom. The van der Waals surface area contributed by atoms with E-state index in [-0.39, 0.29) is 12.5 Å². The van der Waals surface area contributed by atoms with Gasteiger partial charge < -0.3 is 19.1 Å². The Kier molecular flexibility index (Phi) is 6.79. The van der Waals surface area contributed by atoms with E-state index in [0.717, 1.165) is 5.69 Å². The number of esters is 1. The highest BCUT2D eigenvalue weighted by molar-refractivity contribution is 5.96. The van der Waals surface area contributed by atoms with E-state index in [1.165, 1.54) is 18.1 Å². The molecule has 0 atom stereocenters. The number of carbonyl (C=O) groups is 2. The van der Waals surface area contributed by atoms with Crippen LogP contribution in [0.5, 0.6) is 11.5 Å². The van der Waals surface area contributed by atoms with Crippen molar-refractivity contribution >= 4 is 23.6 Å². The van der Waals surface area contributed by atoms with Gasteiger partial charge >= 0.3 is 5.97 Å². The lowest BCUT2D eigenvalue weighted by atomic mass is 10.1. The van der Waals surface area contributed by atoms with Gasteiger partial charge in [0.1, 0.15) is 11.5 Å². The molecule has 6 nitrogen and oxygen atoms in total. The Morgan fingerprint density at radius 3 is 2.42 bits per heavy atom. The molecule has 6 heteroatoms. The van der Waals surface area contributed by atoms with Crippen molar-refractivity contribution in [1.29, 1.82) is 0 Å². The normalized spacial score (nSPS) is 10.4. The van der Waals surface area contributed by atoms with E-state index in [0.29, 0.717) is 17.1 Å². The number of anilines is 1. The van der Waals surface area contributed by atoms with E-state index >= 15 is 0 Å². The summed E-state index contributed by atoms with van der Waals surface area (Å²) in [6, 6.07) is 14.3. The quantitative estimate of drug-likeness (QED) is 0.564. The van der Waals surface area contributed by atoms with Crippen LogP contribution in [0.25, 0.3) is 6.08 Å². The van der Waals surface area contributed by atoms with Gasteiger partial charge in [-0.15, -0.1) is 0 Å². The van der Waals surface area contributed by atoms with Gasteiger partial charge in [-0.3, -0.25) is 4.79 Å². The van der Waals surface area contributed by atoms with Crippen LogP contribution >= 0.6 is 0 Å². The van der Waals surface area contributed by atoms with E-state index in [4.69, 9.17) is 14.2 Å². The molecule has 0 aliphatic carbocycles. The zero-order valence-corrected chi connectivity index (χ0v) is 15.0. The zero-order valence-electron chi connectivity index (χ0n) is 15.0. The van der Waals surface area contributed by atoms with Crippen molar-refractivity contribution in [3.8, 4) is 11.5 Å². The summed E-state index contributed by atoms with van der Waals surface area (Å²) in [5, 5.41) is 0. The lowest BCUT2D eigenvalue weighted by Gasteiger charge is -2.16. The van der Waals surface area contributed by atoms with Gasteiger partial charge in [0, 0.05) is 24.4 Å². The fourth-order valence-corrected chi connectivity index (χ4v) is 2.20. The molecule has 1 amide bonds. The molecule has 26 heavy (non-hydrogen) atoms. The molecular weight excluding hydrogens is 334 g/mol. The topological polar surface area (TPSA) is 65.1 Å². The Morgan fingerprint density at radius 1 is 1.04 bits per heavy atom. The van der Waals surface area contributed by atoms with Crippen LogP contribution in [0, 0.1) is 0 Å². The number of methoxy groups -OCH3 is 2. The lowest BCUT2D eigenvalue weighted by Crippen LogP contribution is -2.30. The maximum atomic E-state index is 12.1. The molecule has 0 saturated heterocycles. The van der Waals surface area contributed by atoms with Gasteiger partial charge in [-0.2, -0.15) is 0 Å². The van der Waals surface area contributed by atoms with Gasteiger partial charge in [0.15, 0.2) is 6.61 Å². The van der Waals surface area contributed by atoms with Crippen LogP contribution in [0.15, 0.2) is 54.6 Å². The van der Waals surface area contributed by atoms with Gasteiger partial charge in [0.2, 0.25) is 0 Å². The number of carbonyl (C=O) groups excluding carboxylic acids is 2. The van der Waals surface area contributed by atoms with Gasteiger partial charge in [-0.1, -0.05) is 18.2 Å². The number of hydrogen-bond acceptors (Lipinski definition) is 5. The fraction of sp³-hybridized carbons (Fsp3) is 0.200. The van der Waals surface area contributed by atoms with Crippen molar-refractivity contribution in [3.63, 3.8) is 0 Å². The van der Waals surface area contributed by atoms with Crippen molar-refractivity contribution in [2.24, 2.45) is 0 Å². The van der Waals surface area contributed by atoms with Crippen LogP contribution in [0.1, 0.15) is 5.56 Å². The monoisotopic (exact) mass is 355 g/mol. The van der Waals surface area contributed by atoms with Crippen molar-refractivity contribution < 1.29 is 23.8 Å². The first kappa shape index (κ1) is 19.1. The second kappa shape index (κ2) is 9.27. The Balaban J connectivity index is 1.94. The molecule has 0 N–H and O–H groups in total. The van der Waals surface area contributed by atoms with Crippen LogP contribution in [-0.2, 0) is 14.3 Å². The maximum absolute atomic E-state index is 12.1. The van der Waals surface area contributed by atoms with Gasteiger partial charge in [0.25, 0.3) is 5.91 Å². The molecule has 0 bridgehead atoms. The zero-order chi connectivity index (χ0) is 18.9. The van der Waals surface area contributed by atoms with Gasteiger partial charge in [-0.05, 0) is 36.4 Å². The van der Waals surface area contributed by atoms with Gasteiger partial charge in [-0.25, -0.2) is 4.79 Å². The number of para-hydroxylation sites is 1. The average Bonchev–Trinajstić information content (AvgIpc) is 2.70. The standard InChI is InChI=1S/C20H21NO5/c1-21(16-7-5-4-6-8-16)19(22)14-26-20(23)12-9-15-13-17(24-2)10-11-18(15)25-3/h4-13H,14H2,1-3H3/b12-9+. The third-order valence-corrected chi connectivity index (χ3v) is 3.69. The van der Waals surface area contributed by atoms with E-state index in [1.807, 2.05) is 18.2 Å². The predicted octanol–water partition coefficient (Wildman–Crippen LogP) is 2.92. The largest absolute Gasteiger partial charge is 0.497 e. The third-order valence-electron chi connectivity index (χ3n) is 3.69. The molecule has 136 valence electrons. The number of nitrogens with zero attached hydrogens (tertiary/aromatic N) is 1. The molecule has 0 aromatic heterocycles. The Labute approximate surface area is 152 Å². The molecule has 0 radical (unpaired) electrons. The minimum atomic E-state index is -0.621. The number of rotatable bonds is 7. The summed E-state index contributed by atoms with van der Waals surface area (Å²) >= 11 is 0. The minimum Gasteiger partial charge on any atom is -0.497 e. The first-order valence-electron chi connectivity index (χ1n) is 7.93. The molecule has 0 heterocycles. The summed E-state index contributed by atoms with van der Waals surface area (Å²) < 4.78 is 15.4. The smallest absolute Gasteiger partial charge is 0.331 e. The van der Waals surface area contributed by atoms with Crippen molar-refractivity contribution in [2.45, 2.75) is 0 Å². The van der Waals surface area contributed by atoms with Crippen LogP contribution in [0.2, 0.25) is 0 Å². The summed E-state index contributed by atoms with van der Waals surface area (Å²) in [6.07, 6.45) is 2.79. The van der Waals surface area contributed by atoms with Crippen LogP contribution < -0.4 is 14.4 Å². The third kappa shape index (κ3) is 5.11. The highest BCUT2D eigenvalue weighted by Crippen LogP contribution is 2.25. The molecular formula is C20H21NO5. The number of hydrogen-bond donors (Lipinski definition) is 0. The Bertz CT molecular complexity index is 786. The summed E-state index contributed by atoms with van der Waals surface area (Å²) in [5.41, 5.74) is 1.39. The number of ether oxygens (including phenoxy) is 3. The SMILES string of the molecule is COc1ccc(OC)c(/C=C/C(=O)OCC(=O)N(C)c2ccccc2)c1. The molecule has 0 spiro atoms. The lowest BCUT2D eigenvalue weighted by molar-refractivity contribution is -0.142. The highest BCUT2D eigenvalue weighted by atomic mass is 16.5. The van der Waals surface area contributed by atoms with Crippen LogP contribution in [0.4, 0.5) is 5.69 Å². The molecule has 2 aromatic rings.